The Labute approximate surface area is 149 Å². The topological polar surface area (TPSA) is 12.0 Å². The Hall–Kier alpha value is -0.390. The summed E-state index contributed by atoms with van der Waals surface area (Å²) < 4.78 is 2.43. The summed E-state index contributed by atoms with van der Waals surface area (Å²) in [4.78, 5) is 0. The molecule has 0 aliphatic rings. The van der Waals surface area contributed by atoms with Crippen LogP contribution in [0.4, 0.5) is 0 Å². The number of benzene rings is 2. The Morgan fingerprint density at radius 1 is 1.10 bits per heavy atom. The van der Waals surface area contributed by atoms with Gasteiger partial charge in [0.05, 0.1) is 6.04 Å². The molecule has 0 saturated heterocycles. The second-order valence-electron chi connectivity index (χ2n) is 5.15. The van der Waals surface area contributed by atoms with Crippen LogP contribution in [0, 0.1) is 3.57 Å². The summed E-state index contributed by atoms with van der Waals surface area (Å²) >= 11 is 6.02. The van der Waals surface area contributed by atoms with Crippen LogP contribution in [0.25, 0.3) is 0 Å². The van der Waals surface area contributed by atoms with E-state index in [2.05, 4.69) is 100 Å². The molecule has 0 heterocycles. The minimum Gasteiger partial charge on any atom is -0.306 e. The van der Waals surface area contributed by atoms with Gasteiger partial charge in [-0.25, -0.2) is 0 Å². The van der Waals surface area contributed by atoms with E-state index in [0.717, 1.165) is 23.9 Å². The van der Waals surface area contributed by atoms with E-state index >= 15 is 0 Å². The van der Waals surface area contributed by atoms with E-state index in [1.54, 1.807) is 0 Å². The molecule has 0 aliphatic heterocycles. The van der Waals surface area contributed by atoms with Crippen LogP contribution >= 0.6 is 38.5 Å². The van der Waals surface area contributed by atoms with E-state index in [0.29, 0.717) is 0 Å². The minimum absolute atomic E-state index is 0.250. The highest BCUT2D eigenvalue weighted by Gasteiger charge is 2.16. The number of hydrogen-bond acceptors (Lipinski definition) is 1. The van der Waals surface area contributed by atoms with E-state index in [1.807, 2.05) is 0 Å². The molecule has 0 spiro atoms. The van der Waals surface area contributed by atoms with E-state index < -0.39 is 0 Å². The highest BCUT2D eigenvalue weighted by atomic mass is 127. The molecule has 2 rings (SSSR count). The Balaban J connectivity index is 2.38. The van der Waals surface area contributed by atoms with Crippen molar-refractivity contribution in [1.82, 2.24) is 5.32 Å². The zero-order valence-electron chi connectivity index (χ0n) is 12.5. The van der Waals surface area contributed by atoms with Crippen LogP contribution in [-0.2, 0) is 6.42 Å². The summed E-state index contributed by atoms with van der Waals surface area (Å²) in [5.74, 6) is 0. The van der Waals surface area contributed by atoms with Gasteiger partial charge in [-0.2, -0.15) is 0 Å². The molecule has 1 nitrogen and oxygen atoms in total. The average molecular weight is 458 g/mol. The van der Waals surface area contributed by atoms with Crippen LogP contribution in [0.1, 0.15) is 43.0 Å². The van der Waals surface area contributed by atoms with Gasteiger partial charge in [0.15, 0.2) is 0 Å². The van der Waals surface area contributed by atoms with Gasteiger partial charge in [0.25, 0.3) is 0 Å². The molecule has 1 N–H and O–H groups in total. The minimum atomic E-state index is 0.250. The van der Waals surface area contributed by atoms with Crippen molar-refractivity contribution in [3.63, 3.8) is 0 Å². The van der Waals surface area contributed by atoms with Gasteiger partial charge in [-0.05, 0) is 76.9 Å². The summed E-state index contributed by atoms with van der Waals surface area (Å²) in [5, 5.41) is 3.68. The van der Waals surface area contributed by atoms with Crippen molar-refractivity contribution in [2.24, 2.45) is 0 Å². The second kappa shape index (κ2) is 8.30. The summed E-state index contributed by atoms with van der Waals surface area (Å²) in [7, 11) is 0. The summed E-state index contributed by atoms with van der Waals surface area (Å²) in [6, 6.07) is 15.7. The Kier molecular flexibility index (Phi) is 6.71. The molecule has 3 heteroatoms. The van der Waals surface area contributed by atoms with Gasteiger partial charge < -0.3 is 5.32 Å². The molecule has 21 heavy (non-hydrogen) atoms. The molecule has 1 unspecified atom stereocenters. The third-order valence-corrected chi connectivity index (χ3v) is 5.06. The van der Waals surface area contributed by atoms with E-state index in [1.165, 1.54) is 20.3 Å². The first-order valence-electron chi connectivity index (χ1n) is 7.42. The lowest BCUT2D eigenvalue weighted by Crippen LogP contribution is -2.24. The second-order valence-corrected chi connectivity index (χ2v) is 7.23. The van der Waals surface area contributed by atoms with Gasteiger partial charge in [-0.1, -0.05) is 54.0 Å². The fourth-order valence-electron chi connectivity index (χ4n) is 2.38. The van der Waals surface area contributed by atoms with Crippen molar-refractivity contribution in [1.29, 1.82) is 0 Å². The van der Waals surface area contributed by atoms with Crippen molar-refractivity contribution >= 4 is 38.5 Å². The van der Waals surface area contributed by atoms with Crippen LogP contribution in [0.5, 0.6) is 0 Å². The standard InChI is InChI=1S/C18H21BrIN/c1-3-11-21-18(14-7-5-13(4-2)6-8-14)16-12-15(19)9-10-17(16)20/h5-10,12,18,21H,3-4,11H2,1-2H3. The Morgan fingerprint density at radius 3 is 2.43 bits per heavy atom. The fraction of sp³-hybridized carbons (Fsp3) is 0.333. The van der Waals surface area contributed by atoms with Crippen molar-refractivity contribution in [3.8, 4) is 0 Å². The molecule has 0 saturated carbocycles. The lowest BCUT2D eigenvalue weighted by Gasteiger charge is -2.21. The zero-order chi connectivity index (χ0) is 15.2. The predicted molar refractivity (Wildman–Crippen MR) is 103 cm³/mol. The lowest BCUT2D eigenvalue weighted by atomic mass is 9.97. The number of nitrogens with one attached hydrogen (secondary N) is 1. The van der Waals surface area contributed by atoms with Crippen molar-refractivity contribution in [2.45, 2.75) is 32.7 Å². The predicted octanol–water partition coefficient (Wildman–Crippen LogP) is 5.71. The van der Waals surface area contributed by atoms with Crippen LogP contribution in [0.2, 0.25) is 0 Å². The van der Waals surface area contributed by atoms with E-state index in [-0.39, 0.29) is 6.04 Å². The SMILES string of the molecule is CCCNC(c1ccc(CC)cc1)c1cc(Br)ccc1I. The average Bonchev–Trinajstić information content (AvgIpc) is 2.51. The fourth-order valence-corrected chi connectivity index (χ4v) is 3.40. The number of hydrogen-bond donors (Lipinski definition) is 1. The van der Waals surface area contributed by atoms with E-state index in [4.69, 9.17) is 0 Å². The molecule has 1 atom stereocenters. The molecular weight excluding hydrogens is 437 g/mol. The smallest absolute Gasteiger partial charge is 0.0587 e. The van der Waals surface area contributed by atoms with Crippen molar-refractivity contribution in [3.05, 3.63) is 67.2 Å². The van der Waals surface area contributed by atoms with Crippen LogP contribution < -0.4 is 5.32 Å². The van der Waals surface area contributed by atoms with Gasteiger partial charge in [0.1, 0.15) is 0 Å². The molecule has 2 aromatic rings. The first-order valence-corrected chi connectivity index (χ1v) is 9.30. The quantitative estimate of drug-likeness (QED) is 0.548. The highest BCUT2D eigenvalue weighted by Crippen LogP contribution is 2.29. The maximum atomic E-state index is 3.68. The largest absolute Gasteiger partial charge is 0.306 e. The maximum absolute atomic E-state index is 3.68. The van der Waals surface area contributed by atoms with Crippen molar-refractivity contribution < 1.29 is 0 Å². The van der Waals surface area contributed by atoms with Gasteiger partial charge in [-0.15, -0.1) is 0 Å². The monoisotopic (exact) mass is 457 g/mol. The first-order chi connectivity index (χ1) is 10.2. The third-order valence-electron chi connectivity index (χ3n) is 3.59. The zero-order valence-corrected chi connectivity index (χ0v) is 16.2. The van der Waals surface area contributed by atoms with Crippen molar-refractivity contribution in [2.75, 3.05) is 6.54 Å². The normalized spacial score (nSPS) is 12.4. The summed E-state index contributed by atoms with van der Waals surface area (Å²) in [6.07, 6.45) is 2.22. The van der Waals surface area contributed by atoms with Crippen LogP contribution in [-0.4, -0.2) is 6.54 Å². The molecule has 0 radical (unpaired) electrons. The van der Waals surface area contributed by atoms with Gasteiger partial charge in [0, 0.05) is 8.04 Å². The molecule has 0 aliphatic carbocycles. The first kappa shape index (κ1) is 17.0. The van der Waals surface area contributed by atoms with Gasteiger partial charge in [-0.3, -0.25) is 0 Å². The summed E-state index contributed by atoms with van der Waals surface area (Å²) in [6.45, 7) is 5.41. The molecule has 0 bridgehead atoms. The molecule has 112 valence electrons. The van der Waals surface area contributed by atoms with Gasteiger partial charge in [0.2, 0.25) is 0 Å². The Morgan fingerprint density at radius 2 is 1.81 bits per heavy atom. The molecule has 0 amide bonds. The molecule has 0 fully saturated rings. The number of aryl methyl sites for hydroxylation is 1. The number of halogens is 2. The van der Waals surface area contributed by atoms with Crippen LogP contribution in [0.15, 0.2) is 46.9 Å². The third kappa shape index (κ3) is 4.54. The van der Waals surface area contributed by atoms with Gasteiger partial charge >= 0.3 is 0 Å². The summed E-state index contributed by atoms with van der Waals surface area (Å²) in [5.41, 5.74) is 4.05. The lowest BCUT2D eigenvalue weighted by molar-refractivity contribution is 0.596. The van der Waals surface area contributed by atoms with E-state index in [9.17, 15) is 0 Å². The number of rotatable bonds is 6. The highest BCUT2D eigenvalue weighted by molar-refractivity contribution is 14.1. The Bertz CT molecular complexity index is 580. The maximum Gasteiger partial charge on any atom is 0.0587 e. The molecule has 2 aromatic carbocycles. The van der Waals surface area contributed by atoms with Crippen LogP contribution in [0.3, 0.4) is 0 Å². The molecular formula is C18H21BrIN. The molecule has 0 aromatic heterocycles.